The van der Waals surface area contributed by atoms with Gasteiger partial charge in [-0.25, -0.2) is 0 Å². The van der Waals surface area contributed by atoms with Crippen LogP contribution in [0.2, 0.25) is 0 Å². The van der Waals surface area contributed by atoms with Crippen LogP contribution in [0.3, 0.4) is 0 Å². The number of benzene rings is 1. The molecule has 1 heterocycles. The Morgan fingerprint density at radius 2 is 2.23 bits per heavy atom. The van der Waals surface area contributed by atoms with Gasteiger partial charge < -0.3 is 4.74 Å². The summed E-state index contributed by atoms with van der Waals surface area (Å²) in [5.41, 5.74) is 0. The van der Waals surface area contributed by atoms with Crippen molar-refractivity contribution in [2.75, 3.05) is 6.61 Å². The Bertz CT molecular complexity index is 417. The van der Waals surface area contributed by atoms with Gasteiger partial charge in [0, 0.05) is 4.88 Å². The first-order valence-electron chi connectivity index (χ1n) is 4.42. The molecule has 0 aliphatic heterocycles. The summed E-state index contributed by atoms with van der Waals surface area (Å²) in [4.78, 5) is 1.37. The van der Waals surface area contributed by atoms with Gasteiger partial charge in [0.25, 0.3) is 0 Å². The Kier molecular flexibility index (Phi) is 2.23. The van der Waals surface area contributed by atoms with Crippen molar-refractivity contribution >= 4 is 22.1 Å². The predicted molar refractivity (Wildman–Crippen MR) is 57.7 cm³/mol. The molecule has 2 rings (SSSR count). The number of ether oxygens (including phenoxy) is 1. The van der Waals surface area contributed by atoms with Crippen molar-refractivity contribution in [3.8, 4) is 5.75 Å². The van der Waals surface area contributed by atoms with Crippen LogP contribution in [-0.4, -0.2) is 6.61 Å². The SMILES string of the molecule is CCOc1ccc2c(C)scc2c1. The van der Waals surface area contributed by atoms with Crippen LogP contribution in [0, 0.1) is 6.92 Å². The van der Waals surface area contributed by atoms with Crippen molar-refractivity contribution in [3.05, 3.63) is 28.5 Å². The van der Waals surface area contributed by atoms with Crippen LogP contribution in [0.1, 0.15) is 11.8 Å². The molecule has 0 saturated heterocycles. The molecule has 0 amide bonds. The summed E-state index contributed by atoms with van der Waals surface area (Å²) in [6, 6.07) is 6.26. The third-order valence-electron chi connectivity index (χ3n) is 2.08. The van der Waals surface area contributed by atoms with Crippen LogP contribution in [0.4, 0.5) is 0 Å². The van der Waals surface area contributed by atoms with Crippen molar-refractivity contribution in [1.82, 2.24) is 0 Å². The van der Waals surface area contributed by atoms with Crippen molar-refractivity contribution in [2.24, 2.45) is 0 Å². The summed E-state index contributed by atoms with van der Waals surface area (Å²) in [5.74, 6) is 0.966. The normalized spacial score (nSPS) is 10.6. The van der Waals surface area contributed by atoms with Crippen LogP contribution in [0.25, 0.3) is 10.8 Å². The molecule has 0 unspecified atom stereocenters. The Hall–Kier alpha value is -1.02. The summed E-state index contributed by atoms with van der Waals surface area (Å²) >= 11 is 1.79. The highest BCUT2D eigenvalue weighted by Gasteiger charge is 2.00. The lowest BCUT2D eigenvalue weighted by Gasteiger charge is -2.02. The predicted octanol–water partition coefficient (Wildman–Crippen LogP) is 3.61. The van der Waals surface area contributed by atoms with Gasteiger partial charge in [0.1, 0.15) is 5.75 Å². The largest absolute Gasteiger partial charge is 0.494 e. The van der Waals surface area contributed by atoms with Crippen LogP contribution in [-0.2, 0) is 0 Å². The minimum Gasteiger partial charge on any atom is -0.494 e. The fourth-order valence-electron chi connectivity index (χ4n) is 1.43. The van der Waals surface area contributed by atoms with E-state index in [2.05, 4.69) is 24.4 Å². The fourth-order valence-corrected chi connectivity index (χ4v) is 2.24. The maximum atomic E-state index is 5.43. The molecule has 0 aliphatic carbocycles. The molecular weight excluding hydrogens is 180 g/mol. The second-order valence-corrected chi connectivity index (χ2v) is 4.06. The third kappa shape index (κ3) is 1.54. The molecule has 2 aromatic rings. The van der Waals surface area contributed by atoms with Gasteiger partial charge in [0.15, 0.2) is 0 Å². The Morgan fingerprint density at radius 1 is 1.38 bits per heavy atom. The molecule has 2 heteroatoms. The van der Waals surface area contributed by atoms with E-state index in [1.165, 1.54) is 15.6 Å². The topological polar surface area (TPSA) is 9.23 Å². The molecule has 0 N–H and O–H groups in total. The highest BCUT2D eigenvalue weighted by atomic mass is 32.1. The average molecular weight is 192 g/mol. The molecular formula is C11H12OS. The molecule has 1 nitrogen and oxygen atoms in total. The molecule has 0 aliphatic rings. The first-order chi connectivity index (χ1) is 6.31. The highest BCUT2D eigenvalue weighted by Crippen LogP contribution is 2.28. The maximum absolute atomic E-state index is 5.43. The number of rotatable bonds is 2. The fraction of sp³-hybridized carbons (Fsp3) is 0.273. The number of hydrogen-bond acceptors (Lipinski definition) is 2. The Morgan fingerprint density at radius 3 is 3.00 bits per heavy atom. The number of hydrogen-bond donors (Lipinski definition) is 0. The van der Waals surface area contributed by atoms with Crippen LogP contribution in [0.5, 0.6) is 5.75 Å². The molecule has 1 aromatic carbocycles. The first kappa shape index (κ1) is 8.57. The minimum atomic E-state index is 0.731. The van der Waals surface area contributed by atoms with Crippen LogP contribution in [0.15, 0.2) is 23.6 Å². The molecule has 0 fully saturated rings. The van der Waals surface area contributed by atoms with Gasteiger partial charge >= 0.3 is 0 Å². The van der Waals surface area contributed by atoms with Gasteiger partial charge in [-0.2, -0.15) is 0 Å². The van der Waals surface area contributed by atoms with Crippen molar-refractivity contribution in [2.45, 2.75) is 13.8 Å². The molecule has 0 radical (unpaired) electrons. The van der Waals surface area contributed by atoms with Gasteiger partial charge in [0.2, 0.25) is 0 Å². The van der Waals surface area contributed by atoms with Gasteiger partial charge in [-0.05, 0) is 48.2 Å². The van der Waals surface area contributed by atoms with Crippen LogP contribution < -0.4 is 4.74 Å². The van der Waals surface area contributed by atoms with E-state index < -0.39 is 0 Å². The molecule has 0 spiro atoms. The monoisotopic (exact) mass is 192 g/mol. The maximum Gasteiger partial charge on any atom is 0.119 e. The number of thiophene rings is 1. The molecule has 0 atom stereocenters. The summed E-state index contributed by atoms with van der Waals surface area (Å²) in [7, 11) is 0. The third-order valence-corrected chi connectivity index (χ3v) is 3.02. The van der Waals surface area contributed by atoms with E-state index in [4.69, 9.17) is 4.74 Å². The molecule has 0 bridgehead atoms. The van der Waals surface area contributed by atoms with Crippen molar-refractivity contribution < 1.29 is 4.74 Å². The first-order valence-corrected chi connectivity index (χ1v) is 5.30. The molecule has 1 aromatic heterocycles. The lowest BCUT2D eigenvalue weighted by Crippen LogP contribution is -1.90. The molecule has 0 saturated carbocycles. The smallest absolute Gasteiger partial charge is 0.119 e. The number of aryl methyl sites for hydroxylation is 1. The van der Waals surface area contributed by atoms with Crippen molar-refractivity contribution in [3.63, 3.8) is 0 Å². The average Bonchev–Trinajstić information content (AvgIpc) is 2.48. The lowest BCUT2D eigenvalue weighted by molar-refractivity contribution is 0.341. The van der Waals surface area contributed by atoms with Gasteiger partial charge in [-0.1, -0.05) is 0 Å². The minimum absolute atomic E-state index is 0.731. The second kappa shape index (κ2) is 3.38. The van der Waals surface area contributed by atoms with E-state index in [1.54, 1.807) is 11.3 Å². The summed E-state index contributed by atoms with van der Waals surface area (Å²) < 4.78 is 5.43. The van der Waals surface area contributed by atoms with E-state index >= 15 is 0 Å². The molecule has 13 heavy (non-hydrogen) atoms. The van der Waals surface area contributed by atoms with E-state index in [1.807, 2.05) is 13.0 Å². The summed E-state index contributed by atoms with van der Waals surface area (Å²) in [5, 5.41) is 4.80. The molecule has 68 valence electrons. The second-order valence-electron chi connectivity index (χ2n) is 2.97. The van der Waals surface area contributed by atoms with Crippen molar-refractivity contribution in [1.29, 1.82) is 0 Å². The summed E-state index contributed by atoms with van der Waals surface area (Å²) in [6.07, 6.45) is 0. The van der Waals surface area contributed by atoms with E-state index in [0.717, 1.165) is 12.4 Å². The van der Waals surface area contributed by atoms with E-state index in [9.17, 15) is 0 Å². The lowest BCUT2D eigenvalue weighted by atomic mass is 10.2. The number of fused-ring (bicyclic) bond motifs is 1. The zero-order valence-corrected chi connectivity index (χ0v) is 8.65. The zero-order chi connectivity index (χ0) is 9.26. The highest BCUT2D eigenvalue weighted by molar-refractivity contribution is 7.11. The van der Waals surface area contributed by atoms with E-state index in [-0.39, 0.29) is 0 Å². The Labute approximate surface area is 82.0 Å². The van der Waals surface area contributed by atoms with Crippen LogP contribution >= 0.6 is 11.3 Å². The quantitative estimate of drug-likeness (QED) is 0.706. The Balaban J connectivity index is 2.50. The summed E-state index contributed by atoms with van der Waals surface area (Å²) in [6.45, 7) is 4.88. The van der Waals surface area contributed by atoms with Gasteiger partial charge in [-0.15, -0.1) is 11.3 Å². The van der Waals surface area contributed by atoms with E-state index in [0.29, 0.717) is 0 Å². The zero-order valence-electron chi connectivity index (χ0n) is 7.83. The standard InChI is InChI=1S/C11H12OS/c1-3-12-10-4-5-11-8(2)13-7-9(11)6-10/h4-7H,3H2,1-2H3. The van der Waals surface area contributed by atoms with Gasteiger partial charge in [-0.3, -0.25) is 0 Å². The van der Waals surface area contributed by atoms with Gasteiger partial charge in [0.05, 0.1) is 6.61 Å².